The van der Waals surface area contributed by atoms with E-state index in [4.69, 9.17) is 5.73 Å². The van der Waals surface area contributed by atoms with E-state index >= 15 is 0 Å². The van der Waals surface area contributed by atoms with Gasteiger partial charge in [-0.15, -0.1) is 12.4 Å². The molecule has 0 unspecified atom stereocenters. The quantitative estimate of drug-likeness (QED) is 0.787. The van der Waals surface area contributed by atoms with Gasteiger partial charge in [-0.2, -0.15) is 0 Å². The lowest BCUT2D eigenvalue weighted by Gasteiger charge is -2.37. The molecule has 124 valence electrons. The molecule has 0 aliphatic heterocycles. The van der Waals surface area contributed by atoms with Crippen molar-refractivity contribution in [2.75, 3.05) is 13.1 Å². The summed E-state index contributed by atoms with van der Waals surface area (Å²) < 4.78 is 0. The molecule has 3 N–H and O–H groups in total. The predicted octanol–water partition coefficient (Wildman–Crippen LogP) is 3.47. The minimum absolute atomic E-state index is 0. The van der Waals surface area contributed by atoms with Crippen molar-refractivity contribution in [1.29, 1.82) is 0 Å². The first kappa shape index (κ1) is 19.0. The smallest absolute Gasteiger partial charge is 0.230 e. The summed E-state index contributed by atoms with van der Waals surface area (Å²) in [6, 6.07) is 8.36. The van der Waals surface area contributed by atoms with Gasteiger partial charge < -0.3 is 11.1 Å². The molecular formula is C18H29ClN2O. The standard InChI is InChI=1S/C18H28N2O.ClH/c1-15-9-3-4-10-16(15)18(11-5-2-6-12-18)17(21)20-14-8-7-13-19;/h3-4,9-10H,2,5-8,11-14,19H2,1H3,(H,20,21);1H. The van der Waals surface area contributed by atoms with Crippen LogP contribution in [0.2, 0.25) is 0 Å². The summed E-state index contributed by atoms with van der Waals surface area (Å²) in [4.78, 5) is 12.9. The average molecular weight is 325 g/mol. The summed E-state index contributed by atoms with van der Waals surface area (Å²) in [6.45, 7) is 3.55. The largest absolute Gasteiger partial charge is 0.355 e. The van der Waals surface area contributed by atoms with Crippen LogP contribution in [0, 0.1) is 6.92 Å². The normalized spacial score (nSPS) is 16.6. The van der Waals surface area contributed by atoms with Gasteiger partial charge in [0.1, 0.15) is 0 Å². The van der Waals surface area contributed by atoms with Crippen LogP contribution >= 0.6 is 12.4 Å². The van der Waals surface area contributed by atoms with Crippen LogP contribution in [0.5, 0.6) is 0 Å². The zero-order valence-electron chi connectivity index (χ0n) is 13.6. The summed E-state index contributed by atoms with van der Waals surface area (Å²) in [7, 11) is 0. The number of carbonyl (C=O) groups excluding carboxylic acids is 1. The Bertz CT molecular complexity index is 470. The van der Waals surface area contributed by atoms with Gasteiger partial charge in [0.25, 0.3) is 0 Å². The number of hydrogen-bond donors (Lipinski definition) is 2. The lowest BCUT2D eigenvalue weighted by atomic mass is 9.67. The highest BCUT2D eigenvalue weighted by Gasteiger charge is 2.41. The van der Waals surface area contributed by atoms with E-state index in [0.29, 0.717) is 6.54 Å². The van der Waals surface area contributed by atoms with Crippen LogP contribution in [0.3, 0.4) is 0 Å². The number of rotatable bonds is 6. The molecule has 0 aromatic heterocycles. The van der Waals surface area contributed by atoms with Gasteiger partial charge in [-0.1, -0.05) is 43.5 Å². The van der Waals surface area contributed by atoms with E-state index in [1.54, 1.807) is 0 Å². The Labute approximate surface area is 140 Å². The van der Waals surface area contributed by atoms with Crippen LogP contribution in [0.4, 0.5) is 0 Å². The molecule has 1 aliphatic rings. The second-order valence-corrected chi connectivity index (χ2v) is 6.21. The molecule has 1 aromatic carbocycles. The Morgan fingerprint density at radius 1 is 1.18 bits per heavy atom. The van der Waals surface area contributed by atoms with Crippen molar-refractivity contribution in [3.05, 3.63) is 35.4 Å². The van der Waals surface area contributed by atoms with Crippen molar-refractivity contribution in [3.63, 3.8) is 0 Å². The Kier molecular flexibility index (Phi) is 7.91. The summed E-state index contributed by atoms with van der Waals surface area (Å²) >= 11 is 0. The van der Waals surface area contributed by atoms with Crippen LogP contribution in [0.15, 0.2) is 24.3 Å². The highest BCUT2D eigenvalue weighted by Crippen LogP contribution is 2.41. The number of nitrogens with two attached hydrogens (primary N) is 1. The van der Waals surface area contributed by atoms with Gasteiger partial charge in [0.2, 0.25) is 5.91 Å². The first-order chi connectivity index (χ1) is 10.2. The number of halogens is 1. The van der Waals surface area contributed by atoms with E-state index in [0.717, 1.165) is 45.1 Å². The first-order valence-corrected chi connectivity index (χ1v) is 8.25. The van der Waals surface area contributed by atoms with Crippen molar-refractivity contribution >= 4 is 18.3 Å². The maximum absolute atomic E-state index is 12.9. The van der Waals surface area contributed by atoms with Crippen molar-refractivity contribution < 1.29 is 4.79 Å². The molecule has 1 aromatic rings. The number of hydrogen-bond acceptors (Lipinski definition) is 2. The van der Waals surface area contributed by atoms with Gasteiger partial charge in [-0.3, -0.25) is 4.79 Å². The molecule has 4 heteroatoms. The topological polar surface area (TPSA) is 55.1 Å². The van der Waals surface area contributed by atoms with Crippen molar-refractivity contribution in [3.8, 4) is 0 Å². The van der Waals surface area contributed by atoms with Gasteiger partial charge in [-0.25, -0.2) is 0 Å². The lowest BCUT2D eigenvalue weighted by molar-refractivity contribution is -0.128. The third-order valence-electron chi connectivity index (χ3n) is 4.72. The monoisotopic (exact) mass is 324 g/mol. The molecule has 0 radical (unpaired) electrons. The molecule has 1 fully saturated rings. The summed E-state index contributed by atoms with van der Waals surface area (Å²) in [5.74, 6) is 0.216. The Hall–Kier alpha value is -1.06. The van der Waals surface area contributed by atoms with Gasteiger partial charge in [-0.05, 0) is 50.3 Å². The maximum atomic E-state index is 12.9. The summed E-state index contributed by atoms with van der Waals surface area (Å²) in [6.07, 6.45) is 7.41. The van der Waals surface area contributed by atoms with Crippen molar-refractivity contribution in [2.24, 2.45) is 5.73 Å². The summed E-state index contributed by atoms with van der Waals surface area (Å²) in [5.41, 5.74) is 7.66. The van der Waals surface area contributed by atoms with Crippen LogP contribution < -0.4 is 11.1 Å². The number of amides is 1. The third-order valence-corrected chi connectivity index (χ3v) is 4.72. The maximum Gasteiger partial charge on any atom is 0.230 e. The predicted molar refractivity (Wildman–Crippen MR) is 94.5 cm³/mol. The molecule has 1 saturated carbocycles. The number of benzene rings is 1. The van der Waals surface area contributed by atoms with Crippen molar-refractivity contribution in [2.45, 2.75) is 57.3 Å². The fourth-order valence-electron chi connectivity index (χ4n) is 3.52. The molecule has 0 bridgehead atoms. The van der Waals surface area contributed by atoms with Crippen molar-refractivity contribution in [1.82, 2.24) is 5.32 Å². The van der Waals surface area contributed by atoms with Gasteiger partial charge in [0, 0.05) is 6.54 Å². The second-order valence-electron chi connectivity index (χ2n) is 6.21. The van der Waals surface area contributed by atoms with E-state index in [-0.39, 0.29) is 23.7 Å². The number of unbranched alkanes of at least 4 members (excludes halogenated alkanes) is 1. The molecule has 3 nitrogen and oxygen atoms in total. The van der Waals surface area contributed by atoms with Gasteiger partial charge in [0.05, 0.1) is 5.41 Å². The average Bonchev–Trinajstić information content (AvgIpc) is 2.52. The Morgan fingerprint density at radius 2 is 1.86 bits per heavy atom. The molecule has 2 rings (SSSR count). The van der Waals surface area contributed by atoms with Crippen LogP contribution in [0.1, 0.15) is 56.1 Å². The SMILES string of the molecule is Cc1ccccc1C1(C(=O)NCCCCN)CCCCC1.Cl. The molecule has 1 amide bonds. The van der Waals surface area contributed by atoms with Crippen LogP contribution in [0.25, 0.3) is 0 Å². The third kappa shape index (κ3) is 4.23. The van der Waals surface area contributed by atoms with E-state index in [2.05, 4.69) is 36.5 Å². The van der Waals surface area contributed by atoms with E-state index in [1.807, 2.05) is 0 Å². The summed E-state index contributed by atoms with van der Waals surface area (Å²) in [5, 5.41) is 3.16. The van der Waals surface area contributed by atoms with E-state index in [9.17, 15) is 4.79 Å². The van der Waals surface area contributed by atoms with Crippen LogP contribution in [-0.2, 0) is 10.2 Å². The molecule has 0 atom stereocenters. The number of aryl methyl sites for hydroxylation is 1. The molecule has 0 heterocycles. The molecule has 0 saturated heterocycles. The minimum atomic E-state index is -0.313. The molecule has 22 heavy (non-hydrogen) atoms. The fourth-order valence-corrected chi connectivity index (χ4v) is 3.52. The first-order valence-electron chi connectivity index (χ1n) is 8.25. The fraction of sp³-hybridized carbons (Fsp3) is 0.611. The Balaban J connectivity index is 0.00000242. The zero-order chi connectivity index (χ0) is 15.1. The minimum Gasteiger partial charge on any atom is -0.355 e. The molecule has 1 aliphatic carbocycles. The van der Waals surface area contributed by atoms with E-state index < -0.39 is 0 Å². The lowest BCUT2D eigenvalue weighted by Crippen LogP contribution is -2.46. The zero-order valence-corrected chi connectivity index (χ0v) is 14.4. The Morgan fingerprint density at radius 3 is 2.50 bits per heavy atom. The molecule has 0 spiro atoms. The highest BCUT2D eigenvalue weighted by molar-refractivity contribution is 5.88. The highest BCUT2D eigenvalue weighted by atomic mass is 35.5. The van der Waals surface area contributed by atoms with Crippen LogP contribution in [-0.4, -0.2) is 19.0 Å². The second kappa shape index (κ2) is 9.16. The van der Waals surface area contributed by atoms with E-state index in [1.165, 1.54) is 17.5 Å². The van der Waals surface area contributed by atoms with Gasteiger partial charge >= 0.3 is 0 Å². The number of nitrogens with one attached hydrogen (secondary N) is 1. The number of carbonyl (C=O) groups is 1. The van der Waals surface area contributed by atoms with Gasteiger partial charge in [0.15, 0.2) is 0 Å². The molecular weight excluding hydrogens is 296 g/mol.